The summed E-state index contributed by atoms with van der Waals surface area (Å²) in [6, 6.07) is -0.343. The van der Waals surface area contributed by atoms with Gasteiger partial charge in [0.2, 0.25) is 0 Å². The van der Waals surface area contributed by atoms with Gasteiger partial charge >= 0.3 is 12.2 Å². The molecule has 2 amide bonds. The van der Waals surface area contributed by atoms with E-state index in [1.54, 1.807) is 12.5 Å². The molecule has 10 heteroatoms. The van der Waals surface area contributed by atoms with Crippen LogP contribution in [0.3, 0.4) is 0 Å². The van der Waals surface area contributed by atoms with Crippen molar-refractivity contribution in [3.05, 3.63) is 11.1 Å². The zero-order chi connectivity index (χ0) is 16.2. The van der Waals surface area contributed by atoms with Crippen LogP contribution in [-0.4, -0.2) is 66.8 Å². The van der Waals surface area contributed by atoms with Crippen molar-refractivity contribution in [3.8, 4) is 0 Å². The second-order valence-corrected chi connectivity index (χ2v) is 5.74. The van der Waals surface area contributed by atoms with Crippen LogP contribution in [-0.2, 0) is 11.3 Å². The van der Waals surface area contributed by atoms with Crippen LogP contribution in [0.5, 0.6) is 0 Å². The SMILES string of the molecule is COCc1csc(NC(=O)N2CCN(CC(F)(F)F)CC2)n1. The molecule has 1 N–H and O–H groups in total. The largest absolute Gasteiger partial charge is 0.401 e. The first-order valence-corrected chi connectivity index (χ1v) is 7.54. The smallest absolute Gasteiger partial charge is 0.378 e. The number of rotatable bonds is 4. The highest BCUT2D eigenvalue weighted by atomic mass is 32.1. The number of piperazine rings is 1. The van der Waals surface area contributed by atoms with Gasteiger partial charge in [-0.1, -0.05) is 0 Å². The Morgan fingerprint density at radius 1 is 1.41 bits per heavy atom. The van der Waals surface area contributed by atoms with Crippen molar-refractivity contribution in [2.24, 2.45) is 0 Å². The van der Waals surface area contributed by atoms with Crippen LogP contribution in [0.2, 0.25) is 0 Å². The molecular weight excluding hydrogens is 321 g/mol. The summed E-state index contributed by atoms with van der Waals surface area (Å²) in [5, 5.41) is 4.88. The third-order valence-corrected chi connectivity index (χ3v) is 3.93. The van der Waals surface area contributed by atoms with E-state index in [9.17, 15) is 18.0 Å². The summed E-state index contributed by atoms with van der Waals surface area (Å²) in [6.07, 6.45) is -4.21. The van der Waals surface area contributed by atoms with E-state index in [-0.39, 0.29) is 32.2 Å². The van der Waals surface area contributed by atoms with Crippen molar-refractivity contribution in [1.82, 2.24) is 14.8 Å². The predicted molar refractivity (Wildman–Crippen MR) is 75.9 cm³/mol. The summed E-state index contributed by atoms with van der Waals surface area (Å²) in [7, 11) is 1.55. The molecule has 1 aliphatic rings. The zero-order valence-corrected chi connectivity index (χ0v) is 12.8. The summed E-state index contributed by atoms with van der Waals surface area (Å²) in [6.45, 7) is 0.369. The number of thiazole rings is 1. The quantitative estimate of drug-likeness (QED) is 0.912. The average Bonchev–Trinajstić information content (AvgIpc) is 2.85. The second kappa shape index (κ2) is 7.25. The molecule has 1 aromatic rings. The van der Waals surface area contributed by atoms with Gasteiger partial charge in [-0.05, 0) is 0 Å². The summed E-state index contributed by atoms with van der Waals surface area (Å²) in [5.41, 5.74) is 0.720. The molecule has 1 fully saturated rings. The molecule has 124 valence electrons. The van der Waals surface area contributed by atoms with Gasteiger partial charge in [0.05, 0.1) is 18.8 Å². The molecule has 0 aliphatic carbocycles. The fourth-order valence-corrected chi connectivity index (χ4v) is 2.80. The number of hydrogen-bond donors (Lipinski definition) is 1. The van der Waals surface area contributed by atoms with Crippen LogP contribution in [0.4, 0.5) is 23.1 Å². The molecule has 0 atom stereocenters. The second-order valence-electron chi connectivity index (χ2n) is 4.89. The molecule has 22 heavy (non-hydrogen) atoms. The van der Waals surface area contributed by atoms with E-state index >= 15 is 0 Å². The Kier molecular flexibility index (Phi) is 5.59. The van der Waals surface area contributed by atoms with Crippen molar-refractivity contribution in [3.63, 3.8) is 0 Å². The summed E-state index contributed by atoms with van der Waals surface area (Å²) >= 11 is 1.28. The Morgan fingerprint density at radius 3 is 2.68 bits per heavy atom. The van der Waals surface area contributed by atoms with E-state index in [0.29, 0.717) is 11.7 Å². The number of carbonyl (C=O) groups is 1. The van der Waals surface area contributed by atoms with Gasteiger partial charge in [-0.25, -0.2) is 9.78 Å². The van der Waals surface area contributed by atoms with Gasteiger partial charge in [0.25, 0.3) is 0 Å². The number of nitrogens with one attached hydrogen (secondary N) is 1. The van der Waals surface area contributed by atoms with Crippen molar-refractivity contribution in [2.75, 3.05) is 45.2 Å². The summed E-state index contributed by atoms with van der Waals surface area (Å²) < 4.78 is 41.8. The molecule has 2 heterocycles. The lowest BCUT2D eigenvalue weighted by Crippen LogP contribution is -2.51. The molecule has 0 radical (unpaired) electrons. The maximum Gasteiger partial charge on any atom is 0.401 e. The van der Waals surface area contributed by atoms with Gasteiger partial charge in [0.15, 0.2) is 5.13 Å². The predicted octanol–water partition coefficient (Wildman–Crippen LogP) is 2.00. The highest BCUT2D eigenvalue weighted by Gasteiger charge is 2.32. The normalized spacial score (nSPS) is 16.8. The third kappa shape index (κ3) is 5.11. The Bertz CT molecular complexity index is 501. The number of aromatic nitrogens is 1. The first-order valence-electron chi connectivity index (χ1n) is 6.66. The summed E-state index contributed by atoms with van der Waals surface area (Å²) in [4.78, 5) is 19.0. The molecule has 1 aromatic heterocycles. The molecule has 0 spiro atoms. The van der Waals surface area contributed by atoms with E-state index < -0.39 is 12.7 Å². The van der Waals surface area contributed by atoms with Gasteiger partial charge in [0.1, 0.15) is 0 Å². The van der Waals surface area contributed by atoms with Gasteiger partial charge in [-0.2, -0.15) is 13.2 Å². The minimum Gasteiger partial charge on any atom is -0.378 e. The molecule has 0 bridgehead atoms. The highest BCUT2D eigenvalue weighted by molar-refractivity contribution is 7.13. The maximum absolute atomic E-state index is 12.3. The summed E-state index contributed by atoms with van der Waals surface area (Å²) in [5.74, 6) is 0. The third-order valence-electron chi connectivity index (χ3n) is 3.12. The van der Waals surface area contributed by atoms with E-state index in [1.807, 2.05) is 0 Å². The number of urea groups is 1. The number of alkyl halides is 3. The van der Waals surface area contributed by atoms with Crippen LogP contribution in [0, 0.1) is 0 Å². The fraction of sp³-hybridized carbons (Fsp3) is 0.667. The molecule has 0 aromatic carbocycles. The lowest BCUT2D eigenvalue weighted by molar-refractivity contribution is -0.148. The van der Waals surface area contributed by atoms with E-state index in [1.165, 1.54) is 21.1 Å². The number of anilines is 1. The Balaban J connectivity index is 1.79. The molecule has 0 unspecified atom stereocenters. The van der Waals surface area contributed by atoms with Crippen LogP contribution in [0.15, 0.2) is 5.38 Å². The standard InChI is InChI=1S/C12H17F3N4O2S/c1-21-6-9-7-22-10(16-9)17-11(20)19-4-2-18(3-5-19)8-12(13,14)15/h7H,2-6,8H2,1H3,(H,16,17,20). The topological polar surface area (TPSA) is 57.7 Å². The van der Waals surface area contributed by atoms with Crippen LogP contribution >= 0.6 is 11.3 Å². The molecule has 6 nitrogen and oxygen atoms in total. The fourth-order valence-electron chi connectivity index (χ4n) is 2.11. The van der Waals surface area contributed by atoms with Gasteiger partial charge < -0.3 is 9.64 Å². The lowest BCUT2D eigenvalue weighted by Gasteiger charge is -2.34. The van der Waals surface area contributed by atoms with Crippen LogP contribution < -0.4 is 5.32 Å². The molecular formula is C12H17F3N4O2S. The van der Waals surface area contributed by atoms with Crippen molar-refractivity contribution >= 4 is 22.5 Å². The number of amides is 2. The van der Waals surface area contributed by atoms with E-state index in [0.717, 1.165) is 5.69 Å². The Labute approximate surface area is 129 Å². The van der Waals surface area contributed by atoms with Gasteiger partial charge in [-0.15, -0.1) is 11.3 Å². The van der Waals surface area contributed by atoms with Gasteiger partial charge in [0, 0.05) is 38.7 Å². The number of hydrogen-bond acceptors (Lipinski definition) is 5. The van der Waals surface area contributed by atoms with Crippen LogP contribution in [0.1, 0.15) is 5.69 Å². The molecule has 0 saturated carbocycles. The van der Waals surface area contributed by atoms with Crippen molar-refractivity contribution in [1.29, 1.82) is 0 Å². The van der Waals surface area contributed by atoms with E-state index in [2.05, 4.69) is 10.3 Å². The molecule has 1 aliphatic heterocycles. The number of halogens is 3. The van der Waals surface area contributed by atoms with E-state index in [4.69, 9.17) is 4.74 Å². The molecule has 1 saturated heterocycles. The lowest BCUT2D eigenvalue weighted by atomic mass is 10.3. The number of methoxy groups -OCH3 is 1. The Hall–Kier alpha value is -1.39. The average molecular weight is 338 g/mol. The monoisotopic (exact) mass is 338 g/mol. The zero-order valence-electron chi connectivity index (χ0n) is 12.0. The number of carbonyl (C=O) groups excluding carboxylic acids is 1. The first kappa shape index (κ1) is 17.0. The van der Waals surface area contributed by atoms with Gasteiger partial charge in [-0.3, -0.25) is 10.2 Å². The number of ether oxygens (including phenoxy) is 1. The maximum atomic E-state index is 12.3. The highest BCUT2D eigenvalue weighted by Crippen LogP contribution is 2.19. The number of nitrogens with zero attached hydrogens (tertiary/aromatic N) is 3. The first-order chi connectivity index (χ1) is 10.4. The van der Waals surface area contributed by atoms with Crippen molar-refractivity contribution < 1.29 is 22.7 Å². The van der Waals surface area contributed by atoms with Crippen LogP contribution in [0.25, 0.3) is 0 Å². The minimum absolute atomic E-state index is 0.208. The van der Waals surface area contributed by atoms with Crippen molar-refractivity contribution in [2.45, 2.75) is 12.8 Å². The molecule has 2 rings (SSSR count). The minimum atomic E-state index is -4.21. The Morgan fingerprint density at radius 2 is 2.09 bits per heavy atom.